The molecular weight excluding hydrogens is 898 g/mol. The summed E-state index contributed by atoms with van der Waals surface area (Å²) in [6.07, 6.45) is 2.00. The Morgan fingerprint density at radius 2 is 0.649 bits per heavy atom. The fraction of sp³-hybridized carbons (Fsp3) is 0.333. The van der Waals surface area contributed by atoms with Crippen molar-refractivity contribution in [1.82, 2.24) is 0 Å². The zero-order valence-electron chi connectivity index (χ0n) is 36.1. The van der Waals surface area contributed by atoms with E-state index in [2.05, 4.69) is 192 Å². The molecule has 0 saturated heterocycles. The minimum atomic E-state index is -1.75. The number of halogens is 2. The fourth-order valence-corrected chi connectivity index (χ4v) is 14.7. The number of rotatable bonds is 4. The topological polar surface area (TPSA) is 0 Å². The maximum absolute atomic E-state index is 2.55. The summed E-state index contributed by atoms with van der Waals surface area (Å²) in [5.74, 6) is 0. The normalized spacial score (nSPS) is 14.4. The van der Waals surface area contributed by atoms with Gasteiger partial charge in [-0.2, -0.15) is 0 Å². The Bertz CT molecular complexity index is 2340. The van der Waals surface area contributed by atoms with Gasteiger partial charge in [0.15, 0.2) is 0 Å². The largest absolute Gasteiger partial charge is 1.00 e. The molecule has 3 heteroatoms. The zero-order valence-corrected chi connectivity index (χ0v) is 41.2. The fourth-order valence-electron chi connectivity index (χ4n) is 8.45. The van der Waals surface area contributed by atoms with Gasteiger partial charge in [0.25, 0.3) is 0 Å². The van der Waals surface area contributed by atoms with E-state index in [-0.39, 0.29) is 46.5 Å². The molecule has 2 aliphatic rings. The molecule has 0 nitrogen and oxygen atoms in total. The molecule has 0 saturated carbocycles. The van der Waals surface area contributed by atoms with Gasteiger partial charge < -0.3 is 24.8 Å². The van der Waals surface area contributed by atoms with Crippen LogP contribution in [0.3, 0.4) is 0 Å². The summed E-state index contributed by atoms with van der Waals surface area (Å²) in [4.78, 5) is 0. The molecule has 0 N–H and O–H groups in total. The summed E-state index contributed by atoms with van der Waals surface area (Å²) in [5.41, 5.74) is 18.0. The van der Waals surface area contributed by atoms with Gasteiger partial charge in [-0.25, -0.2) is 0 Å². The van der Waals surface area contributed by atoms with Crippen molar-refractivity contribution in [1.29, 1.82) is 0 Å². The molecule has 0 fully saturated rings. The second-order valence-electron chi connectivity index (χ2n) is 20.5. The van der Waals surface area contributed by atoms with Crippen LogP contribution in [0.1, 0.15) is 139 Å². The molecular formula is C54H58Cl2Hf. The van der Waals surface area contributed by atoms with Crippen molar-refractivity contribution in [2.45, 2.75) is 118 Å². The Kier molecular flexibility index (Phi) is 11.7. The van der Waals surface area contributed by atoms with Crippen LogP contribution in [-0.2, 0) is 57.4 Å². The van der Waals surface area contributed by atoms with Crippen LogP contribution in [0, 0.1) is 0 Å². The first-order chi connectivity index (χ1) is 25.7. The summed E-state index contributed by atoms with van der Waals surface area (Å²) in [7, 11) is 0. The van der Waals surface area contributed by atoms with Gasteiger partial charge in [-0.05, 0) is 0 Å². The van der Waals surface area contributed by atoms with E-state index in [1.165, 1.54) is 77.2 Å². The second kappa shape index (κ2) is 15.4. The number of hydrogen-bond donors (Lipinski definition) is 0. The Hall–Kier alpha value is -3.23. The summed E-state index contributed by atoms with van der Waals surface area (Å²) in [5, 5.41) is 5.39. The van der Waals surface area contributed by atoms with Gasteiger partial charge in [-0.3, -0.25) is 0 Å². The molecule has 0 spiro atoms. The molecule has 6 aromatic rings. The molecule has 292 valence electrons. The van der Waals surface area contributed by atoms with Crippen molar-refractivity contribution in [2.24, 2.45) is 0 Å². The van der Waals surface area contributed by atoms with E-state index in [1.54, 1.807) is 17.8 Å². The van der Waals surface area contributed by atoms with Crippen molar-refractivity contribution >= 4 is 39.4 Å². The van der Waals surface area contributed by atoms with Crippen molar-refractivity contribution in [3.05, 3.63) is 165 Å². The predicted molar refractivity (Wildman–Crippen MR) is 237 cm³/mol. The van der Waals surface area contributed by atoms with Gasteiger partial charge in [0.2, 0.25) is 0 Å². The third-order valence-corrected chi connectivity index (χ3v) is 18.0. The van der Waals surface area contributed by atoms with Gasteiger partial charge in [-0.1, -0.05) is 0 Å². The monoisotopic (exact) mass is 956 g/mol. The number of benzene rings is 6. The maximum Gasteiger partial charge on any atom is -1.00 e. The minimum Gasteiger partial charge on any atom is -1.00 e. The molecule has 0 aromatic heterocycles. The Morgan fingerprint density at radius 1 is 0.368 bits per heavy atom. The molecule has 0 atom stereocenters. The quantitative estimate of drug-likeness (QED) is 0.155. The van der Waals surface area contributed by atoms with Crippen LogP contribution >= 0.6 is 0 Å². The first-order valence-electron chi connectivity index (χ1n) is 20.3. The van der Waals surface area contributed by atoms with Crippen LogP contribution in [0.2, 0.25) is 0 Å². The zero-order chi connectivity index (χ0) is 39.2. The van der Waals surface area contributed by atoms with E-state index >= 15 is 0 Å². The van der Waals surface area contributed by atoms with Crippen LogP contribution in [0.15, 0.2) is 109 Å². The molecule has 0 amide bonds. The van der Waals surface area contributed by atoms with Crippen molar-refractivity contribution in [3.63, 3.8) is 0 Å². The molecule has 2 aliphatic carbocycles. The molecule has 8 rings (SSSR count). The van der Waals surface area contributed by atoms with Crippen LogP contribution in [0.5, 0.6) is 0 Å². The summed E-state index contributed by atoms with van der Waals surface area (Å²) >= 11 is -1.75. The maximum atomic E-state index is 2.55. The average molecular weight is 956 g/mol. The molecule has 0 radical (unpaired) electrons. The standard InChI is InChI=1S/2C27H29.2ClH.Hf/c2*1-26(2,3)24-15-23(16-25(17-24)27(4,5)6)22-13-20-11-18-9-7-8-10-19(18)12-21(20)14-22;;;/h2*7-12,15-17H,13H2,1-6H3;2*1H;/q;;;;+2/p-2. The minimum absolute atomic E-state index is 0. The van der Waals surface area contributed by atoms with E-state index in [4.69, 9.17) is 0 Å². The van der Waals surface area contributed by atoms with E-state index < -0.39 is 22.9 Å². The third-order valence-electron chi connectivity index (χ3n) is 12.1. The molecule has 0 heterocycles. The first kappa shape index (κ1) is 43.4. The molecule has 57 heavy (non-hydrogen) atoms. The van der Waals surface area contributed by atoms with Crippen molar-refractivity contribution in [3.8, 4) is 0 Å². The third kappa shape index (κ3) is 8.46. The van der Waals surface area contributed by atoms with E-state index in [1.807, 2.05) is 0 Å². The molecule has 0 bridgehead atoms. The van der Waals surface area contributed by atoms with Gasteiger partial charge in [0.1, 0.15) is 0 Å². The van der Waals surface area contributed by atoms with E-state index in [0.717, 1.165) is 12.8 Å². The Morgan fingerprint density at radius 3 is 0.930 bits per heavy atom. The SMILES string of the molecule is CC(C)(C)c1cc(C2=[C]([Hf+2][C]3=C(c4cc(C(C)(C)C)cc(C(C)(C)C)c4)Cc4cc5ccccc5cc43)c3cc4ccccc4cc3C2)cc(C(C)(C)C)c1.[Cl-].[Cl-]. The van der Waals surface area contributed by atoms with Gasteiger partial charge in [0, 0.05) is 0 Å². The summed E-state index contributed by atoms with van der Waals surface area (Å²) in [6.45, 7) is 28.5. The van der Waals surface area contributed by atoms with Crippen LogP contribution < -0.4 is 24.8 Å². The van der Waals surface area contributed by atoms with Crippen molar-refractivity contribution in [2.75, 3.05) is 0 Å². The van der Waals surface area contributed by atoms with Gasteiger partial charge in [0.05, 0.1) is 0 Å². The predicted octanol–water partition coefficient (Wildman–Crippen LogP) is 8.82. The number of allylic oxidation sites excluding steroid dienone is 2. The van der Waals surface area contributed by atoms with Gasteiger partial charge in [-0.15, -0.1) is 0 Å². The molecule has 0 unspecified atom stereocenters. The smallest absolute Gasteiger partial charge is 1.00 e. The second-order valence-corrected chi connectivity index (χ2v) is 25.0. The Labute approximate surface area is 366 Å². The van der Waals surface area contributed by atoms with Crippen LogP contribution in [0.4, 0.5) is 0 Å². The summed E-state index contributed by atoms with van der Waals surface area (Å²) in [6, 6.07) is 43.3. The average Bonchev–Trinajstić information content (AvgIpc) is 3.65. The van der Waals surface area contributed by atoms with Gasteiger partial charge >= 0.3 is 345 Å². The van der Waals surface area contributed by atoms with E-state index in [9.17, 15) is 0 Å². The summed E-state index contributed by atoms with van der Waals surface area (Å²) < 4.78 is 3.37. The molecule has 6 aromatic carbocycles. The van der Waals surface area contributed by atoms with E-state index in [0.29, 0.717) is 0 Å². The Balaban J connectivity index is 0.00000275. The van der Waals surface area contributed by atoms with Crippen molar-refractivity contribution < 1.29 is 47.7 Å². The van der Waals surface area contributed by atoms with Crippen LogP contribution in [0.25, 0.3) is 39.4 Å². The number of fused-ring (bicyclic) bond motifs is 4. The first-order valence-corrected chi connectivity index (χ1v) is 23.9. The van der Waals surface area contributed by atoms with Crippen LogP contribution in [-0.4, -0.2) is 0 Å². The molecule has 0 aliphatic heterocycles. The number of hydrogen-bond acceptors (Lipinski definition) is 0.